The average molecular weight is 292 g/mol. The second kappa shape index (κ2) is 7.26. The lowest BCUT2D eigenvalue weighted by atomic mass is 10.1. The number of urea groups is 1. The molecule has 21 heavy (non-hydrogen) atoms. The van der Waals surface area contributed by atoms with Gasteiger partial charge in [0.2, 0.25) is 0 Å². The summed E-state index contributed by atoms with van der Waals surface area (Å²) < 4.78 is 1.44. The van der Waals surface area contributed by atoms with Crippen molar-refractivity contribution < 1.29 is 4.79 Å². The van der Waals surface area contributed by atoms with Crippen molar-refractivity contribution in [2.75, 3.05) is 25.0 Å². The van der Waals surface area contributed by atoms with Crippen LogP contribution in [0.2, 0.25) is 0 Å². The molecule has 2 N–H and O–H groups in total. The Bertz CT molecular complexity index is 535. The van der Waals surface area contributed by atoms with E-state index in [0.29, 0.717) is 5.69 Å². The van der Waals surface area contributed by atoms with Crippen LogP contribution in [-0.4, -0.2) is 41.2 Å². The fourth-order valence-electron chi connectivity index (χ4n) is 2.65. The zero-order chi connectivity index (χ0) is 15.2. The van der Waals surface area contributed by atoms with Gasteiger partial charge in [0.1, 0.15) is 5.69 Å². The highest BCUT2D eigenvalue weighted by atomic mass is 16.2. The molecule has 2 rings (SSSR count). The molecule has 1 aliphatic heterocycles. The first-order valence-electron chi connectivity index (χ1n) is 7.52. The monoisotopic (exact) mass is 292 g/mol. The molecule has 1 atom stereocenters. The minimum Gasteiger partial charge on any atom is -0.334 e. The van der Waals surface area contributed by atoms with Crippen LogP contribution in [0.4, 0.5) is 10.5 Å². The van der Waals surface area contributed by atoms with E-state index in [1.807, 2.05) is 6.92 Å². The van der Waals surface area contributed by atoms with Gasteiger partial charge < -0.3 is 20.1 Å². The summed E-state index contributed by atoms with van der Waals surface area (Å²) in [5.74, 6) is 0. The van der Waals surface area contributed by atoms with Crippen molar-refractivity contribution >= 4 is 11.7 Å². The molecule has 1 fully saturated rings. The van der Waals surface area contributed by atoms with Gasteiger partial charge in [-0.15, -0.1) is 0 Å². The van der Waals surface area contributed by atoms with Gasteiger partial charge in [-0.3, -0.25) is 4.79 Å². The molecule has 2 amide bonds. The highest BCUT2D eigenvalue weighted by molar-refractivity contribution is 5.89. The van der Waals surface area contributed by atoms with Crippen LogP contribution in [0.1, 0.15) is 26.2 Å². The fourth-order valence-corrected chi connectivity index (χ4v) is 2.65. The normalized spacial score (nSPS) is 17.2. The largest absolute Gasteiger partial charge is 0.334 e. The molecule has 0 saturated carbocycles. The molecule has 0 aromatic carbocycles. The lowest BCUT2D eigenvalue weighted by molar-refractivity contribution is 0.206. The van der Waals surface area contributed by atoms with Gasteiger partial charge in [-0.25, -0.2) is 4.79 Å². The third-order valence-corrected chi connectivity index (χ3v) is 3.73. The third-order valence-electron chi connectivity index (χ3n) is 3.73. The molecular formula is C15H24N4O2. The summed E-state index contributed by atoms with van der Waals surface area (Å²) in [4.78, 5) is 26.1. The molecule has 0 spiro atoms. The Balaban J connectivity index is 1.83. The van der Waals surface area contributed by atoms with Crippen molar-refractivity contribution in [1.29, 1.82) is 0 Å². The second-order valence-electron chi connectivity index (χ2n) is 5.70. The Kier molecular flexibility index (Phi) is 5.38. The smallest absolute Gasteiger partial charge is 0.319 e. The number of rotatable bonds is 4. The van der Waals surface area contributed by atoms with E-state index in [2.05, 4.69) is 15.5 Å². The minimum absolute atomic E-state index is 0.0515. The molecule has 1 unspecified atom stereocenters. The first-order valence-corrected chi connectivity index (χ1v) is 7.52. The van der Waals surface area contributed by atoms with E-state index in [-0.39, 0.29) is 17.6 Å². The molecule has 1 aromatic rings. The van der Waals surface area contributed by atoms with Crippen LogP contribution in [0, 0.1) is 0 Å². The number of carbonyl (C=O) groups is 1. The number of hydrogen-bond acceptors (Lipinski definition) is 3. The first kappa shape index (κ1) is 15.6. The topological polar surface area (TPSA) is 66.4 Å². The van der Waals surface area contributed by atoms with Crippen LogP contribution in [-0.2, 0) is 7.05 Å². The molecule has 6 nitrogen and oxygen atoms in total. The summed E-state index contributed by atoms with van der Waals surface area (Å²) in [7, 11) is 1.66. The van der Waals surface area contributed by atoms with Crippen LogP contribution in [0.15, 0.2) is 23.1 Å². The van der Waals surface area contributed by atoms with Gasteiger partial charge in [-0.2, -0.15) is 0 Å². The molecule has 1 aliphatic rings. The van der Waals surface area contributed by atoms with Crippen LogP contribution >= 0.6 is 0 Å². The molecule has 0 aliphatic carbocycles. The Morgan fingerprint density at radius 3 is 2.76 bits per heavy atom. The number of likely N-dealkylation sites (tertiary alicyclic amines) is 1. The van der Waals surface area contributed by atoms with Crippen LogP contribution in [0.3, 0.4) is 0 Å². The highest BCUT2D eigenvalue weighted by Crippen LogP contribution is 2.08. The second-order valence-corrected chi connectivity index (χ2v) is 5.70. The van der Waals surface area contributed by atoms with E-state index in [1.165, 1.54) is 23.8 Å². The number of amides is 2. The number of piperidine rings is 1. The van der Waals surface area contributed by atoms with Gasteiger partial charge in [0.15, 0.2) is 0 Å². The number of anilines is 1. The number of carbonyl (C=O) groups excluding carboxylic acids is 1. The van der Waals surface area contributed by atoms with Crippen LogP contribution in [0.25, 0.3) is 0 Å². The molecule has 2 heterocycles. The molecule has 1 aromatic heterocycles. The van der Waals surface area contributed by atoms with Crippen molar-refractivity contribution in [3.63, 3.8) is 0 Å². The van der Waals surface area contributed by atoms with E-state index in [9.17, 15) is 9.59 Å². The predicted molar refractivity (Wildman–Crippen MR) is 83.6 cm³/mol. The third kappa shape index (κ3) is 4.60. The Morgan fingerprint density at radius 1 is 1.33 bits per heavy atom. The summed E-state index contributed by atoms with van der Waals surface area (Å²) in [5, 5.41) is 5.50. The van der Waals surface area contributed by atoms with E-state index in [4.69, 9.17) is 0 Å². The van der Waals surface area contributed by atoms with Crippen LogP contribution in [0.5, 0.6) is 0 Å². The Hall–Kier alpha value is -1.82. The maximum absolute atomic E-state index is 11.9. The molecule has 0 bridgehead atoms. The van der Waals surface area contributed by atoms with Crippen LogP contribution < -0.4 is 16.2 Å². The highest BCUT2D eigenvalue weighted by Gasteiger charge is 2.15. The van der Waals surface area contributed by atoms with Gasteiger partial charge >= 0.3 is 6.03 Å². The number of hydrogen-bond donors (Lipinski definition) is 2. The van der Waals surface area contributed by atoms with Gasteiger partial charge in [0.05, 0.1) is 0 Å². The zero-order valence-electron chi connectivity index (χ0n) is 12.8. The van der Waals surface area contributed by atoms with E-state index in [1.54, 1.807) is 25.4 Å². The first-order chi connectivity index (χ1) is 10.1. The van der Waals surface area contributed by atoms with Crippen molar-refractivity contribution in [2.24, 2.45) is 7.05 Å². The van der Waals surface area contributed by atoms with E-state index in [0.717, 1.165) is 19.6 Å². The maximum atomic E-state index is 11.9. The molecule has 6 heteroatoms. The number of nitrogens with one attached hydrogen (secondary N) is 2. The van der Waals surface area contributed by atoms with Gasteiger partial charge in [-0.05, 0) is 45.0 Å². The molecule has 0 radical (unpaired) electrons. The molecule has 1 saturated heterocycles. The lowest BCUT2D eigenvalue weighted by Crippen LogP contribution is -2.45. The molecule has 116 valence electrons. The number of nitrogens with zero attached hydrogens (tertiary/aromatic N) is 2. The van der Waals surface area contributed by atoms with Crippen molar-refractivity contribution in [3.8, 4) is 0 Å². The van der Waals surface area contributed by atoms with Crippen molar-refractivity contribution in [3.05, 3.63) is 28.7 Å². The summed E-state index contributed by atoms with van der Waals surface area (Å²) in [6, 6.07) is 3.06. The summed E-state index contributed by atoms with van der Waals surface area (Å²) >= 11 is 0. The summed E-state index contributed by atoms with van der Waals surface area (Å²) in [6.45, 7) is 5.04. The van der Waals surface area contributed by atoms with Gasteiger partial charge in [-0.1, -0.05) is 6.42 Å². The zero-order valence-corrected chi connectivity index (χ0v) is 12.8. The Morgan fingerprint density at radius 2 is 2.05 bits per heavy atom. The average Bonchev–Trinajstić information content (AvgIpc) is 2.44. The molecular weight excluding hydrogens is 268 g/mol. The fraction of sp³-hybridized carbons (Fsp3) is 0.600. The van der Waals surface area contributed by atoms with Crippen molar-refractivity contribution in [2.45, 2.75) is 32.2 Å². The van der Waals surface area contributed by atoms with Gasteiger partial charge in [0.25, 0.3) is 5.56 Å². The lowest BCUT2D eigenvalue weighted by Gasteiger charge is -2.29. The van der Waals surface area contributed by atoms with E-state index < -0.39 is 0 Å². The summed E-state index contributed by atoms with van der Waals surface area (Å²) in [5.41, 5.74) is 0.0824. The van der Waals surface area contributed by atoms with E-state index >= 15 is 0 Å². The maximum Gasteiger partial charge on any atom is 0.319 e. The quantitative estimate of drug-likeness (QED) is 0.881. The SMILES string of the molecule is CC(CN1CCCCC1)NC(=O)Nc1cccn(C)c1=O. The standard InChI is InChI=1S/C15H24N4O2/c1-12(11-19-9-4-3-5-10-19)16-15(21)17-13-7-6-8-18(2)14(13)20/h6-8,12H,3-5,9-11H2,1-2H3,(H2,16,17,21). The Labute approximate surface area is 125 Å². The summed E-state index contributed by atoms with van der Waals surface area (Å²) in [6.07, 6.45) is 5.43. The number of pyridine rings is 1. The predicted octanol–water partition coefficient (Wildman–Crippen LogP) is 1.38. The number of aromatic nitrogens is 1. The minimum atomic E-state index is -0.331. The number of aryl methyl sites for hydroxylation is 1. The van der Waals surface area contributed by atoms with Gasteiger partial charge in [0, 0.05) is 25.8 Å². The van der Waals surface area contributed by atoms with Crippen molar-refractivity contribution in [1.82, 2.24) is 14.8 Å².